The number of piperidine rings is 1. The fourth-order valence-electron chi connectivity index (χ4n) is 15.6. The fourth-order valence-corrected chi connectivity index (χ4v) is 15.6. The number of rotatable bonds is 53. The summed E-state index contributed by atoms with van der Waals surface area (Å²) in [6.07, 6.45) is 6.86. The van der Waals surface area contributed by atoms with Gasteiger partial charge in [0.05, 0.1) is 122 Å². The SMILES string of the molecule is CCc1c2c(nc3ccc(O)cc13)C1CC3C(COC(=O)C3(CC)OC(=O)OCC(NC(=O)C(CCCCNC(=O)C(F)(F)F)CC(=O)COCC(=O)CCCOCCOCCOCCOCCOCCOCCOCCOCCC3CCC(CCC(=O)C4CCC(CN5C(=O)C=CC5=O)CC4)C3)C(C)C)C(=O)N1C2. The number of hydrogen-bond acceptors (Lipinski definition) is 24. The predicted octanol–water partition coefficient (Wildman–Crippen LogP) is 8.33. The lowest BCUT2D eigenvalue weighted by Crippen LogP contribution is -2.63. The highest BCUT2D eigenvalue weighted by molar-refractivity contribution is 6.12. The van der Waals surface area contributed by atoms with Gasteiger partial charge in [-0.25, -0.2) is 9.59 Å². The Labute approximate surface area is 641 Å². The summed E-state index contributed by atoms with van der Waals surface area (Å²) in [5.41, 5.74) is 1.16. The third kappa shape index (κ3) is 27.1. The van der Waals surface area contributed by atoms with Crippen molar-refractivity contribution in [2.75, 3.05) is 145 Å². The van der Waals surface area contributed by atoms with Crippen LogP contribution in [-0.2, 0) is 113 Å². The lowest BCUT2D eigenvalue weighted by Gasteiger charge is -2.49. The molecule has 2 aliphatic carbocycles. The standard InChI is InChI=1S/C79H114F3N5O23/c1-5-61-62-44-58(88)19-20-66(62)84-72-63(61)47-86-68(72)45-65-64(74(86)95)50-108-76(97)78(65,6-2)110-77(98)109-51-67(52(3)4)85-73(94)57(10-7-8-25-83-75(96)79(80,81)82)43-60(90)49-107-48-59(89)11-9-26-99-28-30-101-32-34-103-36-38-105-40-41-106-39-37-104-35-33-102-31-29-100-27-24-54-13-12-53(42-54)16-21-69(91)56-17-14-55(15-18-56)46-87-70(92)22-23-71(87)93/h19-20,22-23,44,52-57,64-65,67-68,88H,5-18,21,24-43,45-51H2,1-4H3,(H,83,96)(H,85,94). The number of nitrogens with zero attached hydrogens (tertiary/aromatic N) is 3. The molecule has 4 aliphatic heterocycles. The Kier molecular flexibility index (Phi) is 36.6. The van der Waals surface area contributed by atoms with Crippen molar-refractivity contribution in [3.05, 3.63) is 47.2 Å². The molecular formula is C79H114F3N5O23. The lowest BCUT2D eigenvalue weighted by molar-refractivity contribution is -0.206. The first-order valence-electron chi connectivity index (χ1n) is 39.4. The maximum atomic E-state index is 14.3. The maximum absolute atomic E-state index is 14.3. The van der Waals surface area contributed by atoms with Crippen LogP contribution in [0.5, 0.6) is 5.75 Å². The maximum Gasteiger partial charge on any atom is 0.509 e. The molecule has 28 nitrogen and oxygen atoms in total. The summed E-state index contributed by atoms with van der Waals surface area (Å²) in [5, 5.41) is 15.7. The van der Waals surface area contributed by atoms with Crippen molar-refractivity contribution in [2.24, 2.45) is 47.3 Å². The largest absolute Gasteiger partial charge is 0.509 e. The number of imide groups is 1. The smallest absolute Gasteiger partial charge is 0.508 e. The van der Waals surface area contributed by atoms with E-state index in [0.717, 1.165) is 61.5 Å². The van der Waals surface area contributed by atoms with Crippen molar-refractivity contribution in [3.8, 4) is 5.75 Å². The Hall–Kier alpha value is -7.10. The number of pyridine rings is 1. The van der Waals surface area contributed by atoms with Gasteiger partial charge in [-0.3, -0.25) is 48.2 Å². The summed E-state index contributed by atoms with van der Waals surface area (Å²) >= 11 is 0. The quantitative estimate of drug-likeness (QED) is 0.0318. The minimum Gasteiger partial charge on any atom is -0.508 e. The number of hydrogen-bond donors (Lipinski definition) is 3. The molecule has 4 fully saturated rings. The number of amides is 5. The van der Waals surface area contributed by atoms with Crippen molar-refractivity contribution in [1.29, 1.82) is 0 Å². The number of aryl methyl sites for hydroxylation is 1. The Morgan fingerprint density at radius 1 is 0.691 bits per heavy atom. The lowest BCUT2D eigenvalue weighted by atomic mass is 9.68. The molecule has 110 heavy (non-hydrogen) atoms. The van der Waals surface area contributed by atoms with Gasteiger partial charge in [-0.1, -0.05) is 47.0 Å². The van der Waals surface area contributed by atoms with E-state index in [2.05, 4.69) is 5.32 Å². The number of halogens is 3. The van der Waals surface area contributed by atoms with E-state index in [1.54, 1.807) is 43.1 Å². The number of carbonyl (C=O) groups excluding carboxylic acids is 10. The number of phenolic OH excluding ortho intramolecular Hbond substituents is 1. The number of ether oxygens (including phenoxy) is 12. The van der Waals surface area contributed by atoms with E-state index >= 15 is 0 Å². The average Bonchev–Trinajstić information content (AvgIpc) is 1.49. The Balaban J connectivity index is 0.601. The number of alkyl halides is 3. The van der Waals surface area contributed by atoms with Gasteiger partial charge < -0.3 is 77.5 Å². The van der Waals surface area contributed by atoms with Gasteiger partial charge in [-0.2, -0.15) is 13.2 Å². The first-order valence-corrected chi connectivity index (χ1v) is 39.4. The van der Waals surface area contributed by atoms with Crippen LogP contribution in [0.2, 0.25) is 0 Å². The van der Waals surface area contributed by atoms with Crippen LogP contribution in [0.3, 0.4) is 0 Å². The highest BCUT2D eigenvalue weighted by atomic mass is 19.4. The van der Waals surface area contributed by atoms with Crippen molar-refractivity contribution in [2.45, 2.75) is 180 Å². The normalized spacial score (nSPS) is 22.3. The van der Waals surface area contributed by atoms with Gasteiger partial charge in [-0.15, -0.1) is 0 Å². The van der Waals surface area contributed by atoms with Gasteiger partial charge in [-0.05, 0) is 136 Å². The summed E-state index contributed by atoms with van der Waals surface area (Å²) in [5.74, 6) is -6.28. The molecule has 1 aromatic heterocycles. The van der Waals surface area contributed by atoms with Crippen LogP contribution in [0.4, 0.5) is 18.0 Å². The van der Waals surface area contributed by atoms with Crippen LogP contribution >= 0.6 is 0 Å². The van der Waals surface area contributed by atoms with E-state index in [0.29, 0.717) is 147 Å². The number of esters is 1. The minimum absolute atomic E-state index is 0.00381. The first kappa shape index (κ1) is 88.5. The van der Waals surface area contributed by atoms with E-state index in [1.165, 1.54) is 36.0 Å². The molecule has 3 N–H and O–H groups in total. The number of ketones is 3. The van der Waals surface area contributed by atoms with Crippen molar-refractivity contribution in [1.82, 2.24) is 25.4 Å². The fraction of sp³-hybridized carbons (Fsp3) is 0.734. The molecule has 31 heteroatoms. The summed E-state index contributed by atoms with van der Waals surface area (Å²) in [6.45, 7) is 12.5. The molecule has 0 radical (unpaired) electrons. The molecule has 2 saturated carbocycles. The number of nitrogens with one attached hydrogen (secondary N) is 2. The number of aromatic nitrogens is 1. The van der Waals surface area contributed by atoms with Gasteiger partial charge in [0.25, 0.3) is 11.8 Å². The summed E-state index contributed by atoms with van der Waals surface area (Å²) in [4.78, 5) is 138. The molecule has 1 aromatic carbocycles. The van der Waals surface area contributed by atoms with E-state index in [-0.39, 0.29) is 126 Å². The number of carbonyl (C=O) groups is 10. The van der Waals surface area contributed by atoms with E-state index in [1.807, 2.05) is 6.92 Å². The highest BCUT2D eigenvalue weighted by Crippen LogP contribution is 2.52. The van der Waals surface area contributed by atoms with E-state index < -0.39 is 90.5 Å². The van der Waals surface area contributed by atoms with Crippen LogP contribution in [-0.4, -0.2) is 242 Å². The van der Waals surface area contributed by atoms with Crippen molar-refractivity contribution < 1.29 is 123 Å². The third-order valence-electron chi connectivity index (χ3n) is 21.8. The topological polar surface area (TPSA) is 345 Å². The van der Waals surface area contributed by atoms with Crippen LogP contribution in [0.25, 0.3) is 10.9 Å². The minimum atomic E-state index is -5.09. The third-order valence-corrected chi connectivity index (χ3v) is 21.8. The van der Waals surface area contributed by atoms with Gasteiger partial charge in [0.2, 0.25) is 17.4 Å². The number of cyclic esters (lactones) is 1. The molecule has 5 amide bonds. The highest BCUT2D eigenvalue weighted by Gasteiger charge is 2.62. The van der Waals surface area contributed by atoms with Crippen molar-refractivity contribution in [3.63, 3.8) is 0 Å². The first-order chi connectivity index (χ1) is 53.0. The number of benzene rings is 1. The Morgan fingerprint density at radius 3 is 1.86 bits per heavy atom. The molecule has 6 aliphatic rings. The van der Waals surface area contributed by atoms with Gasteiger partial charge in [0.15, 0.2) is 11.6 Å². The molecule has 0 bridgehead atoms. The second-order valence-corrected chi connectivity index (χ2v) is 29.7. The molecule has 2 saturated heterocycles. The van der Waals surface area contributed by atoms with Gasteiger partial charge >= 0.3 is 24.2 Å². The van der Waals surface area contributed by atoms with E-state index in [4.69, 9.17) is 61.8 Å². The van der Waals surface area contributed by atoms with Crippen molar-refractivity contribution >= 4 is 69.9 Å². The van der Waals surface area contributed by atoms with Crippen LogP contribution in [0.1, 0.15) is 166 Å². The monoisotopic (exact) mass is 1560 g/mol. The average molecular weight is 1560 g/mol. The van der Waals surface area contributed by atoms with E-state index in [9.17, 15) is 66.2 Å². The molecular weight excluding hydrogens is 1440 g/mol. The molecule has 2 aromatic rings. The van der Waals surface area contributed by atoms with Gasteiger partial charge in [0, 0.05) is 87.4 Å². The molecule has 8 unspecified atom stereocenters. The molecule has 0 spiro atoms. The molecule has 5 heterocycles. The second-order valence-electron chi connectivity index (χ2n) is 29.7. The number of Topliss-reactive ketones (excluding diaryl/α,β-unsaturated/α-hetero) is 3. The number of unbranched alkanes of at least 4 members (excludes halogenated alkanes) is 1. The van der Waals surface area contributed by atoms with Crippen LogP contribution in [0.15, 0.2) is 30.4 Å². The zero-order valence-corrected chi connectivity index (χ0v) is 64.3. The summed E-state index contributed by atoms with van der Waals surface area (Å²) in [6, 6.07) is 3.45. The Bertz CT molecular complexity index is 3370. The van der Waals surface area contributed by atoms with Crippen LogP contribution < -0.4 is 10.6 Å². The number of aromatic hydroxyl groups is 1. The predicted molar refractivity (Wildman–Crippen MR) is 389 cm³/mol. The number of fused-ring (bicyclic) bond motifs is 5. The Morgan fingerprint density at radius 2 is 1.27 bits per heavy atom. The summed E-state index contributed by atoms with van der Waals surface area (Å²) in [7, 11) is 0. The molecule has 614 valence electrons. The van der Waals surface area contributed by atoms with Crippen LogP contribution in [0, 0.1) is 47.3 Å². The number of phenols is 1. The summed E-state index contributed by atoms with van der Waals surface area (Å²) < 4.78 is 106. The zero-order chi connectivity index (χ0) is 79.0. The van der Waals surface area contributed by atoms with Gasteiger partial charge in [0.1, 0.15) is 38.0 Å². The molecule has 8 atom stereocenters. The molecule has 8 rings (SSSR count). The second kappa shape index (κ2) is 45.6. The zero-order valence-electron chi connectivity index (χ0n) is 64.3.